The summed E-state index contributed by atoms with van der Waals surface area (Å²) in [5.41, 5.74) is 0.408. The summed E-state index contributed by atoms with van der Waals surface area (Å²) < 4.78 is 0. The number of carbonyl (C=O) groups is 2. The third kappa shape index (κ3) is 5.84. The Kier molecular flexibility index (Phi) is 6.18. The standard InChI is InChI=1S/C15H22N2O3/c1-15(2,11-18)17-14(20)13(19)16-10-6-9-12-7-4-3-5-8-12/h3-5,7-8,18H,6,9-11H2,1-2H3,(H,16,19)(H,17,20). The lowest BCUT2D eigenvalue weighted by atomic mass is 10.1. The van der Waals surface area contributed by atoms with Crippen molar-refractivity contribution in [3.63, 3.8) is 0 Å². The normalized spacial score (nSPS) is 10.9. The first kappa shape index (κ1) is 16.2. The summed E-state index contributed by atoms with van der Waals surface area (Å²) in [4.78, 5) is 23.1. The van der Waals surface area contributed by atoms with Crippen molar-refractivity contribution < 1.29 is 14.7 Å². The second-order valence-corrected chi connectivity index (χ2v) is 5.34. The van der Waals surface area contributed by atoms with Gasteiger partial charge in [0.15, 0.2) is 0 Å². The lowest BCUT2D eigenvalue weighted by Gasteiger charge is -2.22. The lowest BCUT2D eigenvalue weighted by Crippen LogP contribution is -2.51. The van der Waals surface area contributed by atoms with Gasteiger partial charge in [0.25, 0.3) is 0 Å². The Balaban J connectivity index is 2.25. The van der Waals surface area contributed by atoms with Crippen molar-refractivity contribution in [2.75, 3.05) is 13.2 Å². The Hall–Kier alpha value is -1.88. The van der Waals surface area contributed by atoms with Gasteiger partial charge in [0.05, 0.1) is 12.1 Å². The van der Waals surface area contributed by atoms with Crippen LogP contribution in [0, 0.1) is 0 Å². The van der Waals surface area contributed by atoms with E-state index in [2.05, 4.69) is 10.6 Å². The molecule has 0 unspecified atom stereocenters. The first-order valence-corrected chi connectivity index (χ1v) is 6.70. The molecule has 0 radical (unpaired) electrons. The molecule has 1 aromatic rings. The molecule has 110 valence electrons. The van der Waals surface area contributed by atoms with Gasteiger partial charge in [-0.3, -0.25) is 9.59 Å². The number of aliphatic hydroxyl groups is 1. The molecule has 0 aromatic heterocycles. The van der Waals surface area contributed by atoms with Crippen molar-refractivity contribution in [3.8, 4) is 0 Å². The Morgan fingerprint density at radius 3 is 2.40 bits per heavy atom. The van der Waals surface area contributed by atoms with Crippen molar-refractivity contribution in [2.45, 2.75) is 32.2 Å². The van der Waals surface area contributed by atoms with Crippen molar-refractivity contribution in [3.05, 3.63) is 35.9 Å². The molecule has 0 spiro atoms. The molecule has 5 heteroatoms. The van der Waals surface area contributed by atoms with Crippen LogP contribution in [0.1, 0.15) is 25.8 Å². The fourth-order valence-corrected chi connectivity index (χ4v) is 1.62. The molecular weight excluding hydrogens is 256 g/mol. The van der Waals surface area contributed by atoms with Gasteiger partial charge in [-0.2, -0.15) is 0 Å². The zero-order valence-corrected chi connectivity index (χ0v) is 12.0. The number of nitrogens with one attached hydrogen (secondary N) is 2. The van der Waals surface area contributed by atoms with Crippen molar-refractivity contribution >= 4 is 11.8 Å². The highest BCUT2D eigenvalue weighted by Crippen LogP contribution is 2.01. The molecule has 0 bridgehead atoms. The molecule has 1 rings (SSSR count). The average Bonchev–Trinajstić information content (AvgIpc) is 2.44. The van der Waals surface area contributed by atoms with Crippen LogP contribution in [-0.2, 0) is 16.0 Å². The molecule has 0 heterocycles. The highest BCUT2D eigenvalue weighted by Gasteiger charge is 2.23. The molecule has 3 N–H and O–H groups in total. The van der Waals surface area contributed by atoms with Gasteiger partial charge in [0.1, 0.15) is 0 Å². The van der Waals surface area contributed by atoms with Crippen LogP contribution in [0.5, 0.6) is 0 Å². The molecular formula is C15H22N2O3. The van der Waals surface area contributed by atoms with Gasteiger partial charge in [-0.05, 0) is 32.3 Å². The van der Waals surface area contributed by atoms with E-state index < -0.39 is 17.4 Å². The Labute approximate surface area is 119 Å². The number of carbonyl (C=O) groups excluding carboxylic acids is 2. The zero-order chi connectivity index (χ0) is 15.0. The highest BCUT2D eigenvalue weighted by molar-refractivity contribution is 6.35. The number of aryl methyl sites for hydroxylation is 1. The number of hydrogen-bond acceptors (Lipinski definition) is 3. The second kappa shape index (κ2) is 7.65. The summed E-state index contributed by atoms with van der Waals surface area (Å²) in [6.45, 7) is 3.52. The number of aliphatic hydroxyl groups excluding tert-OH is 1. The molecule has 20 heavy (non-hydrogen) atoms. The van der Waals surface area contributed by atoms with E-state index in [0.29, 0.717) is 6.54 Å². The van der Waals surface area contributed by atoms with Crippen LogP contribution in [0.4, 0.5) is 0 Å². The van der Waals surface area contributed by atoms with Gasteiger partial charge < -0.3 is 15.7 Å². The topological polar surface area (TPSA) is 78.4 Å². The zero-order valence-electron chi connectivity index (χ0n) is 12.0. The molecule has 0 aliphatic rings. The quantitative estimate of drug-likeness (QED) is 0.527. The maximum absolute atomic E-state index is 11.5. The third-order valence-electron chi connectivity index (χ3n) is 2.82. The molecule has 0 fully saturated rings. The smallest absolute Gasteiger partial charge is 0.309 e. The Morgan fingerprint density at radius 1 is 1.15 bits per heavy atom. The number of amides is 2. The molecule has 0 saturated heterocycles. The molecule has 0 aliphatic heterocycles. The maximum atomic E-state index is 11.5. The highest BCUT2D eigenvalue weighted by atomic mass is 16.3. The third-order valence-corrected chi connectivity index (χ3v) is 2.82. The number of rotatable bonds is 6. The van der Waals surface area contributed by atoms with E-state index >= 15 is 0 Å². The first-order chi connectivity index (χ1) is 9.44. The molecule has 0 saturated carbocycles. The van der Waals surface area contributed by atoms with E-state index in [1.165, 1.54) is 5.56 Å². The summed E-state index contributed by atoms with van der Waals surface area (Å²) in [6.07, 6.45) is 1.62. The Bertz CT molecular complexity index is 444. The van der Waals surface area contributed by atoms with Crippen LogP contribution in [0.3, 0.4) is 0 Å². The Morgan fingerprint density at radius 2 is 1.80 bits per heavy atom. The van der Waals surface area contributed by atoms with Gasteiger partial charge in [0.2, 0.25) is 0 Å². The largest absolute Gasteiger partial charge is 0.394 e. The summed E-state index contributed by atoms with van der Waals surface area (Å²) in [7, 11) is 0. The van der Waals surface area contributed by atoms with E-state index in [0.717, 1.165) is 12.8 Å². The summed E-state index contributed by atoms with van der Waals surface area (Å²) in [5, 5.41) is 14.0. The lowest BCUT2D eigenvalue weighted by molar-refractivity contribution is -0.140. The molecule has 1 aromatic carbocycles. The van der Waals surface area contributed by atoms with E-state index in [-0.39, 0.29) is 6.61 Å². The van der Waals surface area contributed by atoms with Crippen LogP contribution in [0.25, 0.3) is 0 Å². The van der Waals surface area contributed by atoms with Crippen LogP contribution in [-0.4, -0.2) is 35.6 Å². The minimum absolute atomic E-state index is 0.222. The SMILES string of the molecule is CC(C)(CO)NC(=O)C(=O)NCCCc1ccccc1. The van der Waals surface area contributed by atoms with Crippen molar-refractivity contribution in [1.82, 2.24) is 10.6 Å². The van der Waals surface area contributed by atoms with Gasteiger partial charge in [0, 0.05) is 6.54 Å². The molecule has 2 amide bonds. The van der Waals surface area contributed by atoms with Gasteiger partial charge in [-0.15, -0.1) is 0 Å². The fourth-order valence-electron chi connectivity index (χ4n) is 1.62. The van der Waals surface area contributed by atoms with E-state index in [4.69, 9.17) is 5.11 Å². The molecule has 0 atom stereocenters. The average molecular weight is 278 g/mol. The predicted molar refractivity (Wildman–Crippen MR) is 77.1 cm³/mol. The maximum Gasteiger partial charge on any atom is 0.309 e. The second-order valence-electron chi connectivity index (χ2n) is 5.34. The number of benzene rings is 1. The molecule has 0 aliphatic carbocycles. The summed E-state index contributed by atoms with van der Waals surface area (Å²) in [5.74, 6) is -1.39. The van der Waals surface area contributed by atoms with E-state index in [9.17, 15) is 9.59 Å². The summed E-state index contributed by atoms with van der Waals surface area (Å²) >= 11 is 0. The van der Waals surface area contributed by atoms with Crippen LogP contribution in [0.15, 0.2) is 30.3 Å². The number of hydrogen-bond donors (Lipinski definition) is 3. The predicted octanol–water partition coefficient (Wildman–Crippen LogP) is 0.623. The van der Waals surface area contributed by atoms with Crippen molar-refractivity contribution in [2.24, 2.45) is 0 Å². The minimum Gasteiger partial charge on any atom is -0.394 e. The van der Waals surface area contributed by atoms with E-state index in [1.807, 2.05) is 30.3 Å². The van der Waals surface area contributed by atoms with Crippen LogP contribution < -0.4 is 10.6 Å². The van der Waals surface area contributed by atoms with Crippen molar-refractivity contribution in [1.29, 1.82) is 0 Å². The first-order valence-electron chi connectivity index (χ1n) is 6.70. The van der Waals surface area contributed by atoms with Crippen LogP contribution >= 0.6 is 0 Å². The molecule has 5 nitrogen and oxygen atoms in total. The summed E-state index contributed by atoms with van der Waals surface area (Å²) in [6, 6.07) is 9.95. The van der Waals surface area contributed by atoms with Gasteiger partial charge >= 0.3 is 11.8 Å². The van der Waals surface area contributed by atoms with Crippen LogP contribution in [0.2, 0.25) is 0 Å². The fraction of sp³-hybridized carbons (Fsp3) is 0.467. The minimum atomic E-state index is -0.793. The monoisotopic (exact) mass is 278 g/mol. The van der Waals surface area contributed by atoms with Gasteiger partial charge in [-0.1, -0.05) is 30.3 Å². The van der Waals surface area contributed by atoms with E-state index in [1.54, 1.807) is 13.8 Å². The van der Waals surface area contributed by atoms with Gasteiger partial charge in [-0.25, -0.2) is 0 Å².